The molecule has 0 aliphatic heterocycles. The van der Waals surface area contributed by atoms with Crippen LogP contribution in [-0.2, 0) is 12.8 Å². The fourth-order valence-electron chi connectivity index (χ4n) is 3.41. The molecule has 1 fully saturated rings. The molecular formula is C17H21N3O. The minimum atomic E-state index is 0.178. The highest BCUT2D eigenvalue weighted by Gasteiger charge is 2.31. The van der Waals surface area contributed by atoms with Gasteiger partial charge in [0.25, 0.3) is 0 Å². The Morgan fingerprint density at radius 2 is 2.10 bits per heavy atom. The number of hydrogen-bond donors (Lipinski definition) is 1. The van der Waals surface area contributed by atoms with Gasteiger partial charge in [0, 0.05) is 18.4 Å². The lowest BCUT2D eigenvalue weighted by Crippen LogP contribution is -2.25. The second-order valence-corrected chi connectivity index (χ2v) is 6.40. The highest BCUT2D eigenvalue weighted by atomic mass is 16.5. The van der Waals surface area contributed by atoms with E-state index in [2.05, 4.69) is 34.4 Å². The largest absolute Gasteiger partial charge is 0.339 e. The Balaban J connectivity index is 1.55. The van der Waals surface area contributed by atoms with E-state index in [9.17, 15) is 0 Å². The number of nitrogens with two attached hydrogens (primary N) is 1. The van der Waals surface area contributed by atoms with Crippen molar-refractivity contribution in [2.24, 2.45) is 11.7 Å². The number of rotatable bonds is 4. The standard InChI is InChI=1S/C17H21N3O/c18-15(12-8-9-12)10-16-19-17(20-21-16)14-7-3-5-11-4-1-2-6-13(11)14/h1-2,4,6,12,14-15H,3,5,7-10,18H2. The Morgan fingerprint density at radius 1 is 1.24 bits per heavy atom. The maximum atomic E-state index is 6.15. The SMILES string of the molecule is NC(Cc1nc(C2CCCc3ccccc32)no1)C1CC1. The lowest BCUT2D eigenvalue weighted by atomic mass is 9.82. The van der Waals surface area contributed by atoms with Gasteiger partial charge in [0.1, 0.15) is 0 Å². The molecule has 2 aliphatic rings. The second kappa shape index (κ2) is 5.26. The van der Waals surface area contributed by atoms with Crippen LogP contribution in [0.5, 0.6) is 0 Å². The lowest BCUT2D eigenvalue weighted by Gasteiger charge is -2.22. The van der Waals surface area contributed by atoms with Gasteiger partial charge >= 0.3 is 0 Å². The smallest absolute Gasteiger partial charge is 0.228 e. The molecule has 21 heavy (non-hydrogen) atoms. The average Bonchev–Trinajstić information content (AvgIpc) is 3.27. The number of fused-ring (bicyclic) bond motifs is 1. The minimum Gasteiger partial charge on any atom is -0.339 e. The number of aromatic nitrogens is 2. The molecule has 1 aromatic carbocycles. The molecule has 0 spiro atoms. The van der Waals surface area contributed by atoms with E-state index in [1.165, 1.54) is 30.4 Å². The van der Waals surface area contributed by atoms with Crippen molar-refractivity contribution in [3.8, 4) is 0 Å². The highest BCUT2D eigenvalue weighted by molar-refractivity contribution is 5.36. The Labute approximate surface area is 124 Å². The minimum absolute atomic E-state index is 0.178. The van der Waals surface area contributed by atoms with E-state index >= 15 is 0 Å². The van der Waals surface area contributed by atoms with Gasteiger partial charge in [-0.1, -0.05) is 29.4 Å². The van der Waals surface area contributed by atoms with E-state index in [4.69, 9.17) is 10.3 Å². The lowest BCUT2D eigenvalue weighted by molar-refractivity contribution is 0.356. The third-order valence-corrected chi connectivity index (χ3v) is 4.80. The molecule has 110 valence electrons. The second-order valence-electron chi connectivity index (χ2n) is 6.40. The summed E-state index contributed by atoms with van der Waals surface area (Å²) >= 11 is 0. The van der Waals surface area contributed by atoms with Gasteiger partial charge in [-0.25, -0.2) is 0 Å². The molecule has 1 heterocycles. The van der Waals surface area contributed by atoms with Crippen LogP contribution >= 0.6 is 0 Å². The van der Waals surface area contributed by atoms with Crippen molar-refractivity contribution in [1.82, 2.24) is 10.1 Å². The fraction of sp³-hybridized carbons (Fsp3) is 0.529. The van der Waals surface area contributed by atoms with E-state index in [1.54, 1.807) is 0 Å². The van der Waals surface area contributed by atoms with Crippen LogP contribution < -0.4 is 5.73 Å². The van der Waals surface area contributed by atoms with E-state index in [0.29, 0.717) is 18.2 Å². The molecule has 0 saturated heterocycles. The summed E-state index contributed by atoms with van der Waals surface area (Å²) in [5, 5.41) is 4.23. The van der Waals surface area contributed by atoms with Gasteiger partial charge in [-0.05, 0) is 49.1 Å². The first-order chi connectivity index (χ1) is 10.3. The summed E-state index contributed by atoms with van der Waals surface area (Å²) in [4.78, 5) is 4.63. The zero-order valence-electron chi connectivity index (χ0n) is 12.2. The average molecular weight is 283 g/mol. The first kappa shape index (κ1) is 13.0. The first-order valence-corrected chi connectivity index (χ1v) is 7.97. The zero-order chi connectivity index (χ0) is 14.2. The van der Waals surface area contributed by atoms with Crippen molar-refractivity contribution in [2.75, 3.05) is 0 Å². The Kier molecular flexibility index (Phi) is 3.26. The molecule has 4 heteroatoms. The maximum absolute atomic E-state index is 6.15. The Hall–Kier alpha value is -1.68. The van der Waals surface area contributed by atoms with Crippen LogP contribution in [0.4, 0.5) is 0 Å². The zero-order valence-corrected chi connectivity index (χ0v) is 12.2. The third kappa shape index (κ3) is 2.60. The first-order valence-electron chi connectivity index (χ1n) is 7.97. The van der Waals surface area contributed by atoms with Crippen LogP contribution in [0.25, 0.3) is 0 Å². The van der Waals surface area contributed by atoms with Crippen molar-refractivity contribution in [3.63, 3.8) is 0 Å². The Morgan fingerprint density at radius 3 is 2.95 bits per heavy atom. The third-order valence-electron chi connectivity index (χ3n) is 4.80. The van der Waals surface area contributed by atoms with E-state index < -0.39 is 0 Å². The summed E-state index contributed by atoms with van der Waals surface area (Å²) in [6, 6.07) is 8.80. The van der Waals surface area contributed by atoms with Crippen molar-refractivity contribution in [1.29, 1.82) is 0 Å². The topological polar surface area (TPSA) is 64.9 Å². The van der Waals surface area contributed by atoms with Gasteiger partial charge in [-0.15, -0.1) is 0 Å². The molecule has 2 atom stereocenters. The van der Waals surface area contributed by atoms with Crippen molar-refractivity contribution < 1.29 is 4.52 Å². The summed E-state index contributed by atoms with van der Waals surface area (Å²) in [6.07, 6.45) is 6.66. The van der Waals surface area contributed by atoms with E-state index in [0.717, 1.165) is 18.7 Å². The molecule has 4 rings (SSSR count). The van der Waals surface area contributed by atoms with Crippen LogP contribution in [-0.4, -0.2) is 16.2 Å². The molecule has 0 bridgehead atoms. The normalized spacial score (nSPS) is 22.8. The predicted molar refractivity (Wildman–Crippen MR) is 79.9 cm³/mol. The van der Waals surface area contributed by atoms with Gasteiger partial charge in [-0.2, -0.15) is 4.98 Å². The van der Waals surface area contributed by atoms with E-state index in [1.807, 2.05) is 0 Å². The van der Waals surface area contributed by atoms with Crippen LogP contribution in [0.3, 0.4) is 0 Å². The summed E-state index contributed by atoms with van der Waals surface area (Å²) in [5.41, 5.74) is 8.94. The quantitative estimate of drug-likeness (QED) is 0.937. The van der Waals surface area contributed by atoms with Gasteiger partial charge in [0.15, 0.2) is 5.82 Å². The molecule has 2 aliphatic carbocycles. The van der Waals surface area contributed by atoms with Crippen LogP contribution in [0.15, 0.2) is 28.8 Å². The van der Waals surface area contributed by atoms with Crippen molar-refractivity contribution in [2.45, 2.75) is 50.5 Å². The molecule has 0 radical (unpaired) electrons. The monoisotopic (exact) mass is 283 g/mol. The van der Waals surface area contributed by atoms with Crippen LogP contribution in [0.1, 0.15) is 54.4 Å². The highest BCUT2D eigenvalue weighted by Crippen LogP contribution is 2.36. The molecule has 2 unspecified atom stereocenters. The summed E-state index contributed by atoms with van der Waals surface area (Å²) in [5.74, 6) is 2.48. The summed E-state index contributed by atoms with van der Waals surface area (Å²) in [6.45, 7) is 0. The molecule has 4 nitrogen and oxygen atoms in total. The fourth-order valence-corrected chi connectivity index (χ4v) is 3.41. The predicted octanol–water partition coefficient (Wildman–Crippen LogP) is 2.82. The summed E-state index contributed by atoms with van der Waals surface area (Å²) < 4.78 is 5.44. The molecule has 1 saturated carbocycles. The molecule has 2 N–H and O–H groups in total. The van der Waals surface area contributed by atoms with Gasteiger partial charge in [0.05, 0.1) is 0 Å². The molecular weight excluding hydrogens is 262 g/mol. The molecule has 2 aromatic rings. The van der Waals surface area contributed by atoms with Gasteiger partial charge in [0.2, 0.25) is 5.89 Å². The summed E-state index contributed by atoms with van der Waals surface area (Å²) in [7, 11) is 0. The number of benzene rings is 1. The van der Waals surface area contributed by atoms with Crippen LogP contribution in [0.2, 0.25) is 0 Å². The molecule has 0 amide bonds. The van der Waals surface area contributed by atoms with Gasteiger partial charge in [-0.3, -0.25) is 0 Å². The van der Waals surface area contributed by atoms with Crippen molar-refractivity contribution >= 4 is 0 Å². The van der Waals surface area contributed by atoms with E-state index in [-0.39, 0.29) is 12.0 Å². The number of hydrogen-bond acceptors (Lipinski definition) is 4. The van der Waals surface area contributed by atoms with Crippen molar-refractivity contribution in [3.05, 3.63) is 47.1 Å². The maximum Gasteiger partial charge on any atom is 0.228 e. The molecule has 1 aromatic heterocycles. The number of aryl methyl sites for hydroxylation is 1. The van der Waals surface area contributed by atoms with Crippen LogP contribution in [0, 0.1) is 5.92 Å². The number of nitrogens with zero attached hydrogens (tertiary/aromatic N) is 2. The van der Waals surface area contributed by atoms with Gasteiger partial charge < -0.3 is 10.3 Å². The Bertz CT molecular complexity index is 632.